The highest BCUT2D eigenvalue weighted by Crippen LogP contribution is 2.05. The standard InChI is InChI=1S/C9H17NO2/c1-5-8(4)10(7(2)3)6-9(11)12/h5,7-8H,1,6H2,2-4H3,(H,11,12). The van der Waals surface area contributed by atoms with E-state index in [-0.39, 0.29) is 18.6 Å². The maximum absolute atomic E-state index is 10.5. The van der Waals surface area contributed by atoms with Crippen molar-refractivity contribution in [2.24, 2.45) is 0 Å². The van der Waals surface area contributed by atoms with Gasteiger partial charge in [0.25, 0.3) is 0 Å². The SMILES string of the molecule is C=CC(C)N(CC(=O)O)C(C)C. The summed E-state index contributed by atoms with van der Waals surface area (Å²) >= 11 is 0. The van der Waals surface area contributed by atoms with E-state index < -0.39 is 5.97 Å². The van der Waals surface area contributed by atoms with Crippen molar-refractivity contribution in [2.75, 3.05) is 6.54 Å². The molecule has 12 heavy (non-hydrogen) atoms. The van der Waals surface area contributed by atoms with E-state index in [4.69, 9.17) is 5.11 Å². The van der Waals surface area contributed by atoms with Crippen LogP contribution in [0.3, 0.4) is 0 Å². The second-order valence-electron chi connectivity index (χ2n) is 3.14. The number of carboxylic acids is 1. The summed E-state index contributed by atoms with van der Waals surface area (Å²) in [6, 6.07) is 0.343. The quantitative estimate of drug-likeness (QED) is 0.635. The Morgan fingerprint density at radius 3 is 2.33 bits per heavy atom. The van der Waals surface area contributed by atoms with E-state index in [1.54, 1.807) is 6.08 Å². The van der Waals surface area contributed by atoms with E-state index in [2.05, 4.69) is 6.58 Å². The molecule has 0 aromatic rings. The Morgan fingerprint density at radius 1 is 1.58 bits per heavy atom. The van der Waals surface area contributed by atoms with E-state index in [1.165, 1.54) is 0 Å². The lowest BCUT2D eigenvalue weighted by Gasteiger charge is -2.28. The van der Waals surface area contributed by atoms with Crippen molar-refractivity contribution in [1.82, 2.24) is 4.90 Å². The van der Waals surface area contributed by atoms with Gasteiger partial charge in [-0.1, -0.05) is 6.08 Å². The number of carbonyl (C=O) groups is 1. The van der Waals surface area contributed by atoms with Gasteiger partial charge in [-0.05, 0) is 20.8 Å². The number of nitrogens with zero attached hydrogens (tertiary/aromatic N) is 1. The van der Waals surface area contributed by atoms with E-state index in [9.17, 15) is 4.79 Å². The fourth-order valence-corrected chi connectivity index (χ4v) is 1.09. The highest BCUT2D eigenvalue weighted by Gasteiger charge is 2.16. The van der Waals surface area contributed by atoms with Crippen LogP contribution in [0.1, 0.15) is 20.8 Å². The van der Waals surface area contributed by atoms with Crippen LogP contribution in [0.5, 0.6) is 0 Å². The average molecular weight is 171 g/mol. The highest BCUT2D eigenvalue weighted by atomic mass is 16.4. The second-order valence-corrected chi connectivity index (χ2v) is 3.14. The second kappa shape index (κ2) is 4.93. The van der Waals surface area contributed by atoms with Gasteiger partial charge in [-0.3, -0.25) is 9.69 Å². The van der Waals surface area contributed by atoms with E-state index in [0.29, 0.717) is 0 Å². The minimum absolute atomic E-state index is 0.0743. The molecular weight excluding hydrogens is 154 g/mol. The minimum Gasteiger partial charge on any atom is -0.480 e. The smallest absolute Gasteiger partial charge is 0.317 e. The summed E-state index contributed by atoms with van der Waals surface area (Å²) < 4.78 is 0. The van der Waals surface area contributed by atoms with Crippen LogP contribution >= 0.6 is 0 Å². The molecule has 0 saturated carbocycles. The van der Waals surface area contributed by atoms with Gasteiger partial charge >= 0.3 is 5.97 Å². The molecule has 0 heterocycles. The molecule has 0 aromatic carbocycles. The predicted octanol–water partition coefficient (Wildman–Crippen LogP) is 1.36. The first-order valence-electron chi connectivity index (χ1n) is 4.09. The maximum atomic E-state index is 10.5. The third-order valence-corrected chi connectivity index (χ3v) is 1.85. The molecule has 0 aliphatic carbocycles. The lowest BCUT2D eigenvalue weighted by molar-refractivity contribution is -0.139. The molecule has 0 radical (unpaired) electrons. The molecule has 3 nitrogen and oxygen atoms in total. The molecule has 1 atom stereocenters. The van der Waals surface area contributed by atoms with Crippen molar-refractivity contribution in [3.05, 3.63) is 12.7 Å². The van der Waals surface area contributed by atoms with Gasteiger partial charge in [0.15, 0.2) is 0 Å². The Kier molecular flexibility index (Phi) is 4.59. The average Bonchev–Trinajstić information content (AvgIpc) is 1.98. The number of carboxylic acid groups (broad SMARTS) is 1. The summed E-state index contributed by atoms with van der Waals surface area (Å²) in [6.45, 7) is 9.60. The molecule has 0 aliphatic heterocycles. The van der Waals surface area contributed by atoms with Gasteiger partial charge < -0.3 is 5.11 Å². The molecule has 0 saturated heterocycles. The molecule has 0 amide bonds. The summed E-state index contributed by atoms with van der Waals surface area (Å²) in [4.78, 5) is 12.3. The first-order chi connectivity index (χ1) is 5.49. The Morgan fingerprint density at radius 2 is 2.08 bits per heavy atom. The molecule has 0 aliphatic rings. The van der Waals surface area contributed by atoms with Crippen LogP contribution in [0.2, 0.25) is 0 Å². The van der Waals surface area contributed by atoms with Crippen molar-refractivity contribution < 1.29 is 9.90 Å². The Labute approximate surface area is 73.7 Å². The summed E-state index contributed by atoms with van der Waals surface area (Å²) in [7, 11) is 0. The van der Waals surface area contributed by atoms with Crippen molar-refractivity contribution in [3.63, 3.8) is 0 Å². The molecule has 0 spiro atoms. The zero-order valence-electron chi connectivity index (χ0n) is 7.95. The number of rotatable bonds is 5. The number of hydrogen-bond acceptors (Lipinski definition) is 2. The summed E-state index contributed by atoms with van der Waals surface area (Å²) in [5.74, 6) is -0.794. The van der Waals surface area contributed by atoms with Crippen LogP contribution in [-0.4, -0.2) is 34.6 Å². The van der Waals surface area contributed by atoms with Crippen molar-refractivity contribution in [3.8, 4) is 0 Å². The van der Waals surface area contributed by atoms with Crippen molar-refractivity contribution >= 4 is 5.97 Å². The fraction of sp³-hybridized carbons (Fsp3) is 0.667. The van der Waals surface area contributed by atoms with Crippen LogP contribution in [0, 0.1) is 0 Å². The predicted molar refractivity (Wildman–Crippen MR) is 49.1 cm³/mol. The van der Waals surface area contributed by atoms with Gasteiger partial charge in [-0.2, -0.15) is 0 Å². The molecule has 0 bridgehead atoms. The third-order valence-electron chi connectivity index (χ3n) is 1.85. The largest absolute Gasteiger partial charge is 0.480 e. The minimum atomic E-state index is -0.794. The van der Waals surface area contributed by atoms with E-state index in [0.717, 1.165) is 0 Å². The van der Waals surface area contributed by atoms with Crippen LogP contribution in [0.15, 0.2) is 12.7 Å². The zero-order chi connectivity index (χ0) is 9.72. The summed E-state index contributed by atoms with van der Waals surface area (Å²) in [5, 5.41) is 8.60. The lowest BCUT2D eigenvalue weighted by Crippen LogP contribution is -2.41. The molecular formula is C9H17NO2. The zero-order valence-corrected chi connectivity index (χ0v) is 7.95. The molecule has 1 unspecified atom stereocenters. The lowest BCUT2D eigenvalue weighted by atomic mass is 10.2. The Bertz CT molecular complexity index is 166. The maximum Gasteiger partial charge on any atom is 0.317 e. The van der Waals surface area contributed by atoms with Crippen LogP contribution in [0.4, 0.5) is 0 Å². The van der Waals surface area contributed by atoms with Gasteiger partial charge in [-0.25, -0.2) is 0 Å². The molecule has 70 valence electrons. The van der Waals surface area contributed by atoms with Crippen LogP contribution in [-0.2, 0) is 4.79 Å². The molecule has 0 fully saturated rings. The third kappa shape index (κ3) is 3.53. The van der Waals surface area contributed by atoms with E-state index in [1.807, 2.05) is 25.7 Å². The van der Waals surface area contributed by atoms with Gasteiger partial charge in [0, 0.05) is 12.1 Å². The highest BCUT2D eigenvalue weighted by molar-refractivity contribution is 5.69. The van der Waals surface area contributed by atoms with Gasteiger partial charge in [0.05, 0.1) is 6.54 Å². The molecule has 3 heteroatoms. The molecule has 0 rings (SSSR count). The van der Waals surface area contributed by atoms with Crippen molar-refractivity contribution in [1.29, 1.82) is 0 Å². The van der Waals surface area contributed by atoms with Crippen LogP contribution < -0.4 is 0 Å². The monoisotopic (exact) mass is 171 g/mol. The number of aliphatic carboxylic acids is 1. The normalized spacial score (nSPS) is 13.4. The Hall–Kier alpha value is -0.830. The first kappa shape index (κ1) is 11.2. The Balaban J connectivity index is 4.22. The van der Waals surface area contributed by atoms with Crippen molar-refractivity contribution in [2.45, 2.75) is 32.9 Å². The first-order valence-corrected chi connectivity index (χ1v) is 4.09. The number of hydrogen-bond donors (Lipinski definition) is 1. The summed E-state index contributed by atoms with van der Waals surface area (Å²) in [6.07, 6.45) is 1.75. The summed E-state index contributed by atoms with van der Waals surface area (Å²) in [5.41, 5.74) is 0. The van der Waals surface area contributed by atoms with Gasteiger partial charge in [-0.15, -0.1) is 6.58 Å². The topological polar surface area (TPSA) is 40.5 Å². The molecule has 0 aromatic heterocycles. The van der Waals surface area contributed by atoms with Gasteiger partial charge in [0.2, 0.25) is 0 Å². The fourth-order valence-electron chi connectivity index (χ4n) is 1.09. The molecule has 1 N–H and O–H groups in total. The van der Waals surface area contributed by atoms with Gasteiger partial charge in [0.1, 0.15) is 0 Å². The van der Waals surface area contributed by atoms with Crippen LogP contribution in [0.25, 0.3) is 0 Å². The van der Waals surface area contributed by atoms with E-state index >= 15 is 0 Å².